The number of rotatable bonds is 3. The molecule has 0 saturated heterocycles. The number of aryl methyl sites for hydroxylation is 1. The van der Waals surface area contributed by atoms with E-state index in [4.69, 9.17) is 4.98 Å². The van der Waals surface area contributed by atoms with Crippen molar-refractivity contribution < 1.29 is 0 Å². The molecule has 0 bridgehead atoms. The summed E-state index contributed by atoms with van der Waals surface area (Å²) in [7, 11) is 1.88. The second-order valence-electron chi connectivity index (χ2n) is 4.95. The van der Waals surface area contributed by atoms with Gasteiger partial charge in [-0.15, -0.1) is 0 Å². The Kier molecular flexibility index (Phi) is 3.52. The van der Waals surface area contributed by atoms with Gasteiger partial charge in [0, 0.05) is 29.9 Å². The molecule has 0 amide bonds. The molecule has 21 heavy (non-hydrogen) atoms. The predicted molar refractivity (Wildman–Crippen MR) is 86.4 cm³/mol. The largest absolute Gasteiger partial charge is 0.373 e. The summed E-state index contributed by atoms with van der Waals surface area (Å²) >= 11 is 0. The lowest BCUT2D eigenvalue weighted by Crippen LogP contribution is -2.05. The summed E-state index contributed by atoms with van der Waals surface area (Å²) in [5, 5.41) is 5.37. The first-order chi connectivity index (χ1) is 10.2. The van der Waals surface area contributed by atoms with E-state index in [9.17, 15) is 0 Å². The summed E-state index contributed by atoms with van der Waals surface area (Å²) in [4.78, 5) is 13.8. The highest BCUT2D eigenvalue weighted by molar-refractivity contribution is 5.93. The first-order valence-electron chi connectivity index (χ1n) is 7.14. The summed E-state index contributed by atoms with van der Waals surface area (Å²) in [6.45, 7) is 4.15. The first-order valence-corrected chi connectivity index (χ1v) is 7.14. The lowest BCUT2D eigenvalue weighted by atomic mass is 10.1. The third-order valence-electron chi connectivity index (χ3n) is 3.70. The summed E-state index contributed by atoms with van der Waals surface area (Å²) in [6, 6.07) is 10.2. The van der Waals surface area contributed by atoms with Crippen LogP contribution in [0.15, 0.2) is 36.5 Å². The number of pyridine rings is 1. The van der Waals surface area contributed by atoms with Crippen LogP contribution in [-0.2, 0) is 6.42 Å². The number of nitrogens with zero attached hydrogens (tertiary/aromatic N) is 3. The number of hydrogen-bond acceptors (Lipinski definition) is 4. The maximum Gasteiger partial charge on any atom is 0.181 e. The van der Waals surface area contributed by atoms with Crippen molar-refractivity contribution >= 4 is 16.6 Å². The van der Waals surface area contributed by atoms with Crippen molar-refractivity contribution in [2.24, 2.45) is 0 Å². The Balaban J connectivity index is 2.28. The average molecular weight is 278 g/mol. The minimum Gasteiger partial charge on any atom is -0.373 e. The summed E-state index contributed by atoms with van der Waals surface area (Å²) in [5.74, 6) is 1.55. The van der Waals surface area contributed by atoms with E-state index in [0.717, 1.165) is 40.0 Å². The second kappa shape index (κ2) is 5.48. The van der Waals surface area contributed by atoms with Crippen LogP contribution in [-0.4, -0.2) is 22.0 Å². The molecule has 2 heterocycles. The van der Waals surface area contributed by atoms with Crippen LogP contribution in [0.5, 0.6) is 0 Å². The molecule has 3 rings (SSSR count). The molecular weight excluding hydrogens is 260 g/mol. The maximum absolute atomic E-state index is 4.71. The van der Waals surface area contributed by atoms with Crippen molar-refractivity contribution in [2.45, 2.75) is 20.3 Å². The third kappa shape index (κ3) is 2.33. The van der Waals surface area contributed by atoms with Crippen molar-refractivity contribution in [3.8, 4) is 11.5 Å². The molecule has 1 aromatic carbocycles. The Hall–Kier alpha value is -2.49. The second-order valence-corrected chi connectivity index (χ2v) is 4.95. The van der Waals surface area contributed by atoms with Gasteiger partial charge in [-0.25, -0.2) is 9.97 Å². The van der Waals surface area contributed by atoms with E-state index in [1.807, 2.05) is 38.4 Å². The van der Waals surface area contributed by atoms with Gasteiger partial charge < -0.3 is 5.32 Å². The fraction of sp³-hybridized carbons (Fsp3) is 0.235. The highest BCUT2D eigenvalue weighted by Crippen LogP contribution is 2.26. The molecule has 0 radical (unpaired) electrons. The van der Waals surface area contributed by atoms with Gasteiger partial charge in [-0.1, -0.05) is 31.2 Å². The van der Waals surface area contributed by atoms with Gasteiger partial charge in [0.25, 0.3) is 0 Å². The Bertz CT molecular complexity index is 765. The molecular formula is C17H18N4. The SMILES string of the molecule is CCc1nc(-c2nccc3ccccc23)nc(NC)c1C. The molecule has 0 aliphatic heterocycles. The van der Waals surface area contributed by atoms with Crippen LogP contribution in [0.2, 0.25) is 0 Å². The van der Waals surface area contributed by atoms with Crippen LogP contribution in [0.25, 0.3) is 22.3 Å². The van der Waals surface area contributed by atoms with Crippen LogP contribution in [0.4, 0.5) is 5.82 Å². The number of hydrogen-bond donors (Lipinski definition) is 1. The van der Waals surface area contributed by atoms with E-state index >= 15 is 0 Å². The van der Waals surface area contributed by atoms with Gasteiger partial charge >= 0.3 is 0 Å². The van der Waals surface area contributed by atoms with E-state index in [-0.39, 0.29) is 0 Å². The van der Waals surface area contributed by atoms with E-state index in [0.29, 0.717) is 5.82 Å². The topological polar surface area (TPSA) is 50.7 Å². The van der Waals surface area contributed by atoms with E-state index in [1.54, 1.807) is 0 Å². The number of anilines is 1. The third-order valence-corrected chi connectivity index (χ3v) is 3.70. The van der Waals surface area contributed by atoms with Crippen molar-refractivity contribution in [1.29, 1.82) is 0 Å². The quantitative estimate of drug-likeness (QED) is 0.795. The first kappa shape index (κ1) is 13.5. The molecule has 4 heteroatoms. The van der Waals surface area contributed by atoms with Crippen molar-refractivity contribution in [3.05, 3.63) is 47.8 Å². The summed E-state index contributed by atoms with van der Waals surface area (Å²) < 4.78 is 0. The summed E-state index contributed by atoms with van der Waals surface area (Å²) in [5.41, 5.74) is 2.99. The van der Waals surface area contributed by atoms with E-state index in [1.165, 1.54) is 0 Å². The van der Waals surface area contributed by atoms with E-state index in [2.05, 4.69) is 34.3 Å². The molecule has 0 aliphatic rings. The smallest absolute Gasteiger partial charge is 0.181 e. The highest BCUT2D eigenvalue weighted by Gasteiger charge is 2.13. The Morgan fingerprint density at radius 2 is 1.90 bits per heavy atom. The van der Waals surface area contributed by atoms with Crippen molar-refractivity contribution in [3.63, 3.8) is 0 Å². The molecule has 2 aromatic heterocycles. The van der Waals surface area contributed by atoms with Gasteiger partial charge in [-0.3, -0.25) is 4.98 Å². The van der Waals surface area contributed by atoms with Crippen LogP contribution < -0.4 is 5.32 Å². The average Bonchev–Trinajstić information content (AvgIpc) is 2.54. The van der Waals surface area contributed by atoms with Gasteiger partial charge in [0.15, 0.2) is 5.82 Å². The zero-order valence-electron chi connectivity index (χ0n) is 12.5. The van der Waals surface area contributed by atoms with Gasteiger partial charge in [0.1, 0.15) is 11.5 Å². The minimum absolute atomic E-state index is 0.679. The van der Waals surface area contributed by atoms with Crippen LogP contribution in [0.1, 0.15) is 18.2 Å². The van der Waals surface area contributed by atoms with Crippen LogP contribution in [0, 0.1) is 6.92 Å². The summed E-state index contributed by atoms with van der Waals surface area (Å²) in [6.07, 6.45) is 2.69. The monoisotopic (exact) mass is 278 g/mol. The lowest BCUT2D eigenvalue weighted by Gasteiger charge is -2.12. The van der Waals surface area contributed by atoms with Crippen molar-refractivity contribution in [1.82, 2.24) is 15.0 Å². The number of aromatic nitrogens is 3. The van der Waals surface area contributed by atoms with E-state index < -0.39 is 0 Å². The molecule has 4 nitrogen and oxygen atoms in total. The molecule has 0 aliphatic carbocycles. The predicted octanol–water partition coefficient (Wildman–Crippen LogP) is 3.60. The molecule has 0 fully saturated rings. The number of benzene rings is 1. The molecule has 0 saturated carbocycles. The fourth-order valence-corrected chi connectivity index (χ4v) is 2.55. The molecule has 3 aromatic rings. The minimum atomic E-state index is 0.679. The van der Waals surface area contributed by atoms with Crippen LogP contribution >= 0.6 is 0 Å². The zero-order valence-corrected chi connectivity index (χ0v) is 12.5. The molecule has 0 unspecified atom stereocenters. The maximum atomic E-state index is 4.71. The Morgan fingerprint density at radius 1 is 1.10 bits per heavy atom. The lowest BCUT2D eigenvalue weighted by molar-refractivity contribution is 0.973. The Morgan fingerprint density at radius 3 is 2.67 bits per heavy atom. The molecule has 106 valence electrons. The normalized spacial score (nSPS) is 10.8. The number of nitrogens with one attached hydrogen (secondary N) is 1. The van der Waals surface area contributed by atoms with Gasteiger partial charge in [0.05, 0.1) is 0 Å². The Labute approximate surface area is 124 Å². The molecule has 0 atom stereocenters. The molecule has 0 spiro atoms. The van der Waals surface area contributed by atoms with Gasteiger partial charge in [0.2, 0.25) is 0 Å². The fourth-order valence-electron chi connectivity index (χ4n) is 2.55. The van der Waals surface area contributed by atoms with Crippen molar-refractivity contribution in [2.75, 3.05) is 12.4 Å². The zero-order chi connectivity index (χ0) is 14.8. The standard InChI is InChI=1S/C17H18N4/c1-4-14-11(2)16(18-3)21-17(20-14)15-13-8-6-5-7-12(13)9-10-19-15/h5-10H,4H2,1-3H3,(H,18,20,21). The highest BCUT2D eigenvalue weighted by atomic mass is 15.0. The number of fused-ring (bicyclic) bond motifs is 1. The van der Waals surface area contributed by atoms with Gasteiger partial charge in [-0.05, 0) is 24.8 Å². The molecule has 1 N–H and O–H groups in total. The van der Waals surface area contributed by atoms with Crippen LogP contribution in [0.3, 0.4) is 0 Å². The van der Waals surface area contributed by atoms with Gasteiger partial charge in [-0.2, -0.15) is 0 Å².